The van der Waals surface area contributed by atoms with Crippen LogP contribution in [0.2, 0.25) is 0 Å². The van der Waals surface area contributed by atoms with Crippen molar-refractivity contribution in [2.24, 2.45) is 0 Å². The maximum atomic E-state index is 10.3. The first-order valence-corrected chi connectivity index (χ1v) is 7.83. The number of aromatic nitrogens is 1. The van der Waals surface area contributed by atoms with Gasteiger partial charge in [-0.25, -0.2) is 0 Å². The van der Waals surface area contributed by atoms with E-state index in [-0.39, 0.29) is 5.75 Å². The molecule has 1 aromatic heterocycles. The number of hydrogen-bond donors (Lipinski definition) is 2. The second-order valence-electron chi connectivity index (χ2n) is 5.84. The first kappa shape index (κ1) is 14.0. The van der Waals surface area contributed by atoms with Crippen LogP contribution in [0.5, 0.6) is 11.5 Å². The Labute approximate surface area is 134 Å². The summed E-state index contributed by atoms with van der Waals surface area (Å²) in [5.41, 5.74) is 1.65. The molecule has 1 saturated heterocycles. The van der Waals surface area contributed by atoms with Crippen LogP contribution in [-0.2, 0) is 0 Å². The Kier molecular flexibility index (Phi) is 3.60. The van der Waals surface area contributed by atoms with Crippen molar-refractivity contribution in [3.63, 3.8) is 0 Å². The van der Waals surface area contributed by atoms with Gasteiger partial charge in [-0.05, 0) is 35.9 Å². The summed E-state index contributed by atoms with van der Waals surface area (Å²) < 4.78 is 5.82. The fraction of sp³-hybridized carbons (Fsp3) is 0.211. The number of hydrogen-bond acceptors (Lipinski definition) is 4. The molecule has 0 saturated carbocycles. The molecule has 116 valence electrons. The molecule has 4 rings (SSSR count). The van der Waals surface area contributed by atoms with Gasteiger partial charge in [0.15, 0.2) is 0 Å². The van der Waals surface area contributed by atoms with Crippen molar-refractivity contribution in [1.82, 2.24) is 10.3 Å². The zero-order valence-corrected chi connectivity index (χ0v) is 12.7. The van der Waals surface area contributed by atoms with E-state index < -0.39 is 0 Å². The normalized spacial score (nSPS) is 17.0. The van der Waals surface area contributed by atoms with Crippen LogP contribution in [0.15, 0.2) is 54.9 Å². The Bertz CT molecular complexity index is 844. The molecule has 0 amide bonds. The fourth-order valence-corrected chi connectivity index (χ4v) is 2.89. The number of ether oxygens (including phenoxy) is 1. The maximum absolute atomic E-state index is 10.3. The van der Waals surface area contributed by atoms with Crippen LogP contribution in [0.25, 0.3) is 21.9 Å². The zero-order valence-electron chi connectivity index (χ0n) is 12.7. The largest absolute Gasteiger partial charge is 0.507 e. The Morgan fingerprint density at radius 3 is 2.87 bits per heavy atom. The molecule has 1 atom stereocenters. The third-order valence-electron chi connectivity index (χ3n) is 4.29. The van der Waals surface area contributed by atoms with Gasteiger partial charge < -0.3 is 15.2 Å². The van der Waals surface area contributed by atoms with E-state index in [4.69, 9.17) is 4.74 Å². The number of phenols is 1. The van der Waals surface area contributed by atoms with Gasteiger partial charge in [-0.15, -0.1) is 0 Å². The first-order valence-electron chi connectivity index (χ1n) is 7.83. The lowest BCUT2D eigenvalue weighted by Gasteiger charge is -2.27. The molecule has 4 heteroatoms. The summed E-state index contributed by atoms with van der Waals surface area (Å²) in [6.07, 6.45) is 4.62. The first-order chi connectivity index (χ1) is 11.3. The Morgan fingerprint density at radius 1 is 1.17 bits per heavy atom. The monoisotopic (exact) mass is 306 g/mol. The van der Waals surface area contributed by atoms with Gasteiger partial charge in [-0.2, -0.15) is 0 Å². The predicted octanol–water partition coefficient (Wildman–Crippen LogP) is 3.35. The molecular weight excluding hydrogens is 288 g/mol. The summed E-state index contributed by atoms with van der Waals surface area (Å²) in [4.78, 5) is 4.27. The minimum absolute atomic E-state index is 0.253. The van der Waals surface area contributed by atoms with Crippen molar-refractivity contribution in [2.45, 2.75) is 12.5 Å². The standard InChI is InChI=1S/C19H18N2O2/c22-18-6-5-13-3-1-2-4-17(13)19(18)14-9-16(11-20-10-14)23-12-15-7-8-21-15/h1-6,9-11,15,21-22H,7-8,12H2/t15-/m1/s1. The minimum atomic E-state index is 0.253. The molecule has 0 unspecified atom stereocenters. The highest BCUT2D eigenvalue weighted by atomic mass is 16.5. The van der Waals surface area contributed by atoms with Crippen LogP contribution >= 0.6 is 0 Å². The molecule has 1 aliphatic heterocycles. The number of pyridine rings is 1. The van der Waals surface area contributed by atoms with Gasteiger partial charge in [-0.1, -0.05) is 30.3 Å². The lowest BCUT2D eigenvalue weighted by molar-refractivity contribution is 0.217. The molecule has 0 spiro atoms. The van der Waals surface area contributed by atoms with Crippen molar-refractivity contribution >= 4 is 10.8 Å². The van der Waals surface area contributed by atoms with Crippen molar-refractivity contribution in [3.05, 3.63) is 54.9 Å². The van der Waals surface area contributed by atoms with Crippen molar-refractivity contribution in [3.8, 4) is 22.6 Å². The van der Waals surface area contributed by atoms with E-state index in [1.54, 1.807) is 18.5 Å². The summed E-state index contributed by atoms with van der Waals surface area (Å²) in [6, 6.07) is 14.0. The summed E-state index contributed by atoms with van der Waals surface area (Å²) in [7, 11) is 0. The average molecular weight is 306 g/mol. The Balaban J connectivity index is 1.71. The van der Waals surface area contributed by atoms with Gasteiger partial charge in [-0.3, -0.25) is 4.98 Å². The summed E-state index contributed by atoms with van der Waals surface area (Å²) in [5, 5.41) is 15.7. The molecule has 2 N–H and O–H groups in total. The van der Waals surface area contributed by atoms with E-state index in [1.165, 1.54) is 0 Å². The number of nitrogens with one attached hydrogen (secondary N) is 1. The molecule has 0 radical (unpaired) electrons. The molecule has 1 fully saturated rings. The van der Waals surface area contributed by atoms with Gasteiger partial charge in [0.25, 0.3) is 0 Å². The second-order valence-corrected chi connectivity index (χ2v) is 5.84. The molecule has 1 aliphatic rings. The lowest BCUT2D eigenvalue weighted by atomic mass is 9.98. The third kappa shape index (κ3) is 2.73. The summed E-state index contributed by atoms with van der Waals surface area (Å²) in [5.74, 6) is 0.979. The van der Waals surface area contributed by atoms with Gasteiger partial charge >= 0.3 is 0 Å². The quantitative estimate of drug-likeness (QED) is 0.776. The Morgan fingerprint density at radius 2 is 2.04 bits per heavy atom. The number of nitrogens with zero attached hydrogens (tertiary/aromatic N) is 1. The molecule has 3 aromatic rings. The summed E-state index contributed by atoms with van der Waals surface area (Å²) >= 11 is 0. The Hall–Kier alpha value is -2.59. The van der Waals surface area contributed by atoms with Crippen LogP contribution in [0.1, 0.15) is 6.42 Å². The van der Waals surface area contributed by atoms with Crippen LogP contribution in [0.3, 0.4) is 0 Å². The van der Waals surface area contributed by atoms with Crippen LogP contribution < -0.4 is 10.1 Å². The number of fused-ring (bicyclic) bond motifs is 1. The molecule has 2 aromatic carbocycles. The maximum Gasteiger partial charge on any atom is 0.138 e. The van der Waals surface area contributed by atoms with Crippen molar-refractivity contribution < 1.29 is 9.84 Å². The van der Waals surface area contributed by atoms with E-state index >= 15 is 0 Å². The lowest BCUT2D eigenvalue weighted by Crippen LogP contribution is -2.46. The minimum Gasteiger partial charge on any atom is -0.507 e. The smallest absolute Gasteiger partial charge is 0.138 e. The molecule has 0 bridgehead atoms. The predicted molar refractivity (Wildman–Crippen MR) is 90.7 cm³/mol. The zero-order chi connectivity index (χ0) is 15.6. The van der Waals surface area contributed by atoms with Crippen LogP contribution in [0.4, 0.5) is 0 Å². The van der Waals surface area contributed by atoms with E-state index in [1.807, 2.05) is 36.4 Å². The molecule has 4 nitrogen and oxygen atoms in total. The van der Waals surface area contributed by atoms with Gasteiger partial charge in [0, 0.05) is 23.4 Å². The van der Waals surface area contributed by atoms with Gasteiger partial charge in [0.2, 0.25) is 0 Å². The highest BCUT2D eigenvalue weighted by Gasteiger charge is 2.17. The number of phenolic OH excluding ortho intramolecular Hbond substituents is 1. The fourth-order valence-electron chi connectivity index (χ4n) is 2.89. The topological polar surface area (TPSA) is 54.4 Å². The van der Waals surface area contributed by atoms with E-state index in [2.05, 4.69) is 10.3 Å². The highest BCUT2D eigenvalue weighted by Crippen LogP contribution is 2.37. The van der Waals surface area contributed by atoms with E-state index in [0.717, 1.165) is 40.6 Å². The SMILES string of the molecule is Oc1ccc2ccccc2c1-c1cncc(OC[C@H]2CCN2)c1. The molecular formula is C19H18N2O2. The van der Waals surface area contributed by atoms with Crippen molar-refractivity contribution in [2.75, 3.05) is 13.2 Å². The number of benzene rings is 2. The average Bonchev–Trinajstić information content (AvgIpc) is 2.53. The summed E-state index contributed by atoms with van der Waals surface area (Å²) in [6.45, 7) is 1.71. The van der Waals surface area contributed by atoms with Gasteiger partial charge in [0.05, 0.1) is 6.20 Å². The molecule has 2 heterocycles. The molecule has 23 heavy (non-hydrogen) atoms. The van der Waals surface area contributed by atoms with Crippen LogP contribution in [0, 0.1) is 0 Å². The highest BCUT2D eigenvalue weighted by molar-refractivity contribution is 5.99. The van der Waals surface area contributed by atoms with Gasteiger partial charge in [0.1, 0.15) is 18.1 Å². The number of rotatable bonds is 4. The molecule has 0 aliphatic carbocycles. The second kappa shape index (κ2) is 5.89. The van der Waals surface area contributed by atoms with E-state index in [9.17, 15) is 5.11 Å². The van der Waals surface area contributed by atoms with Crippen molar-refractivity contribution in [1.29, 1.82) is 0 Å². The van der Waals surface area contributed by atoms with E-state index in [0.29, 0.717) is 12.6 Å². The number of aromatic hydroxyl groups is 1. The third-order valence-corrected chi connectivity index (χ3v) is 4.29. The van der Waals surface area contributed by atoms with Crippen LogP contribution in [-0.4, -0.2) is 29.3 Å².